The molecule has 0 bridgehead atoms. The zero-order chi connectivity index (χ0) is 13.7. The normalized spacial score (nSPS) is 21.4. The first-order chi connectivity index (χ1) is 9.08. The van der Waals surface area contributed by atoms with Crippen LogP contribution in [0, 0.1) is 0 Å². The summed E-state index contributed by atoms with van der Waals surface area (Å²) in [7, 11) is 0. The average Bonchev–Trinajstić information content (AvgIpc) is 2.64. The summed E-state index contributed by atoms with van der Waals surface area (Å²) in [4.78, 5) is 11.9. The molecular formula is C13H15F2NO2S. The summed E-state index contributed by atoms with van der Waals surface area (Å²) in [5.41, 5.74) is 0. The van der Waals surface area contributed by atoms with Crippen molar-refractivity contribution in [3.8, 4) is 0 Å². The minimum atomic E-state index is -3.31. The van der Waals surface area contributed by atoms with Gasteiger partial charge in [-0.15, -0.1) is 11.8 Å². The molecule has 1 aliphatic rings. The monoisotopic (exact) mass is 287 g/mol. The molecule has 1 aromatic carbocycles. The van der Waals surface area contributed by atoms with Gasteiger partial charge in [0.15, 0.2) is 0 Å². The summed E-state index contributed by atoms with van der Waals surface area (Å²) in [6.07, 6.45) is -1.24. The highest BCUT2D eigenvalue weighted by Crippen LogP contribution is 2.30. The minimum Gasteiger partial charge on any atom is -0.456 e. The van der Waals surface area contributed by atoms with Crippen molar-refractivity contribution in [2.24, 2.45) is 0 Å². The number of esters is 1. The Hall–Kier alpha value is -1.14. The number of carbonyl (C=O) groups is 1. The zero-order valence-electron chi connectivity index (χ0n) is 10.3. The second-order valence-electron chi connectivity index (χ2n) is 4.30. The Labute approximate surface area is 114 Å². The number of hydrogen-bond donors (Lipinski definition) is 1. The van der Waals surface area contributed by atoms with E-state index in [-0.39, 0.29) is 6.54 Å². The van der Waals surface area contributed by atoms with E-state index in [1.807, 2.05) is 30.3 Å². The number of hydrogen-bond acceptors (Lipinski definition) is 4. The van der Waals surface area contributed by atoms with Crippen LogP contribution in [0.1, 0.15) is 6.42 Å². The molecule has 0 radical (unpaired) electrons. The van der Waals surface area contributed by atoms with Crippen LogP contribution < -0.4 is 5.32 Å². The van der Waals surface area contributed by atoms with Crippen LogP contribution in [-0.2, 0) is 9.53 Å². The van der Waals surface area contributed by atoms with E-state index in [9.17, 15) is 13.6 Å². The van der Waals surface area contributed by atoms with Crippen LogP contribution in [0.25, 0.3) is 0 Å². The van der Waals surface area contributed by atoms with Gasteiger partial charge < -0.3 is 10.1 Å². The maximum atomic E-state index is 12.9. The highest BCUT2D eigenvalue weighted by atomic mass is 32.2. The molecule has 104 valence electrons. The van der Waals surface area contributed by atoms with E-state index >= 15 is 0 Å². The molecule has 1 N–H and O–H groups in total. The quantitative estimate of drug-likeness (QED) is 0.495. The molecule has 2 rings (SSSR count). The van der Waals surface area contributed by atoms with Crippen LogP contribution in [0.3, 0.4) is 0 Å². The maximum Gasteiger partial charge on any atom is 0.377 e. The molecule has 1 aromatic rings. The Morgan fingerprint density at radius 2 is 2.11 bits per heavy atom. The standard InChI is InChI=1S/C13H15F2NO2S/c14-13(15)8-10(18-12(13)17)9-16-6-7-19-11-4-2-1-3-5-11/h1-5,10,16H,6-9H2. The van der Waals surface area contributed by atoms with Crippen molar-refractivity contribution in [3.05, 3.63) is 30.3 Å². The van der Waals surface area contributed by atoms with Gasteiger partial charge in [0.05, 0.1) is 6.42 Å². The number of cyclic esters (lactones) is 1. The van der Waals surface area contributed by atoms with Crippen LogP contribution >= 0.6 is 11.8 Å². The molecule has 6 heteroatoms. The summed E-state index contributed by atoms with van der Waals surface area (Å²) in [6.45, 7) is 0.954. The van der Waals surface area contributed by atoms with Gasteiger partial charge in [0, 0.05) is 23.7 Å². The average molecular weight is 287 g/mol. The van der Waals surface area contributed by atoms with E-state index in [4.69, 9.17) is 0 Å². The number of thioether (sulfide) groups is 1. The van der Waals surface area contributed by atoms with Crippen LogP contribution in [0.2, 0.25) is 0 Å². The van der Waals surface area contributed by atoms with Gasteiger partial charge in [0.2, 0.25) is 0 Å². The van der Waals surface area contributed by atoms with Gasteiger partial charge in [-0.05, 0) is 12.1 Å². The van der Waals surface area contributed by atoms with Gasteiger partial charge >= 0.3 is 11.9 Å². The van der Waals surface area contributed by atoms with Gasteiger partial charge in [0.25, 0.3) is 0 Å². The minimum absolute atomic E-state index is 0.274. The van der Waals surface area contributed by atoms with Gasteiger partial charge in [0.1, 0.15) is 6.10 Å². The Balaban J connectivity index is 1.59. The van der Waals surface area contributed by atoms with Gasteiger partial charge in [-0.2, -0.15) is 8.78 Å². The summed E-state index contributed by atoms with van der Waals surface area (Å²) < 4.78 is 30.3. The molecule has 0 saturated carbocycles. The van der Waals surface area contributed by atoms with Crippen LogP contribution in [0.5, 0.6) is 0 Å². The lowest BCUT2D eigenvalue weighted by atomic mass is 10.2. The molecule has 1 unspecified atom stereocenters. The van der Waals surface area contributed by atoms with Crippen molar-refractivity contribution in [1.29, 1.82) is 0 Å². The third-order valence-corrected chi connectivity index (χ3v) is 3.73. The van der Waals surface area contributed by atoms with Crippen molar-refractivity contribution in [2.75, 3.05) is 18.8 Å². The first-order valence-corrected chi connectivity index (χ1v) is 7.04. The lowest BCUT2D eigenvalue weighted by Gasteiger charge is -2.09. The molecule has 0 aromatic heterocycles. The molecular weight excluding hydrogens is 272 g/mol. The molecule has 1 heterocycles. The number of benzene rings is 1. The van der Waals surface area contributed by atoms with Gasteiger partial charge in [-0.25, -0.2) is 4.79 Å². The van der Waals surface area contributed by atoms with Gasteiger partial charge in [-0.1, -0.05) is 18.2 Å². The Kier molecular flexibility index (Phi) is 4.76. The van der Waals surface area contributed by atoms with Crippen molar-refractivity contribution in [3.63, 3.8) is 0 Å². The van der Waals surface area contributed by atoms with E-state index < -0.39 is 24.4 Å². The van der Waals surface area contributed by atoms with E-state index in [1.54, 1.807) is 11.8 Å². The van der Waals surface area contributed by atoms with E-state index in [0.29, 0.717) is 6.54 Å². The first kappa shape index (κ1) is 14.3. The highest BCUT2D eigenvalue weighted by molar-refractivity contribution is 7.99. The Bertz CT molecular complexity index is 428. The second-order valence-corrected chi connectivity index (χ2v) is 5.47. The third kappa shape index (κ3) is 4.18. The largest absolute Gasteiger partial charge is 0.456 e. The summed E-state index contributed by atoms with van der Waals surface area (Å²) in [5.74, 6) is -3.88. The lowest BCUT2D eigenvalue weighted by Crippen LogP contribution is -2.28. The van der Waals surface area contributed by atoms with Gasteiger partial charge in [-0.3, -0.25) is 0 Å². The van der Waals surface area contributed by atoms with Crippen molar-refractivity contribution < 1.29 is 18.3 Å². The van der Waals surface area contributed by atoms with Crippen LogP contribution in [0.4, 0.5) is 8.78 Å². The number of rotatable bonds is 6. The molecule has 1 aliphatic heterocycles. The number of nitrogens with one attached hydrogen (secondary N) is 1. The van der Waals surface area contributed by atoms with E-state index in [2.05, 4.69) is 10.1 Å². The van der Waals surface area contributed by atoms with Crippen LogP contribution in [-0.4, -0.2) is 36.8 Å². The molecule has 3 nitrogen and oxygen atoms in total. The Morgan fingerprint density at radius 3 is 2.74 bits per heavy atom. The SMILES string of the molecule is O=C1OC(CNCCSc2ccccc2)CC1(F)F. The molecule has 1 fully saturated rings. The van der Waals surface area contributed by atoms with Crippen molar-refractivity contribution in [1.82, 2.24) is 5.32 Å². The molecule has 0 aliphatic carbocycles. The molecule has 0 amide bonds. The highest BCUT2D eigenvalue weighted by Gasteiger charge is 2.50. The fourth-order valence-electron chi connectivity index (χ4n) is 1.78. The maximum absolute atomic E-state index is 12.9. The Morgan fingerprint density at radius 1 is 1.37 bits per heavy atom. The summed E-state index contributed by atoms with van der Waals surface area (Å²) in [5, 5.41) is 3.02. The number of halogens is 2. The topological polar surface area (TPSA) is 38.3 Å². The molecule has 1 saturated heterocycles. The number of carbonyl (C=O) groups excluding carboxylic acids is 1. The third-order valence-electron chi connectivity index (χ3n) is 2.72. The number of alkyl halides is 2. The molecule has 0 spiro atoms. The zero-order valence-corrected chi connectivity index (χ0v) is 11.1. The summed E-state index contributed by atoms with van der Waals surface area (Å²) in [6, 6.07) is 9.93. The van der Waals surface area contributed by atoms with Crippen molar-refractivity contribution in [2.45, 2.75) is 23.3 Å². The second kappa shape index (κ2) is 6.34. The summed E-state index contributed by atoms with van der Waals surface area (Å²) >= 11 is 1.68. The van der Waals surface area contributed by atoms with E-state index in [0.717, 1.165) is 5.75 Å². The lowest BCUT2D eigenvalue weighted by molar-refractivity contribution is -0.158. The molecule has 19 heavy (non-hydrogen) atoms. The van der Waals surface area contributed by atoms with E-state index in [1.165, 1.54) is 4.90 Å². The smallest absolute Gasteiger partial charge is 0.377 e. The van der Waals surface area contributed by atoms with Crippen LogP contribution in [0.15, 0.2) is 35.2 Å². The van der Waals surface area contributed by atoms with Crippen molar-refractivity contribution >= 4 is 17.7 Å². The molecule has 1 atom stereocenters. The predicted octanol–water partition coefficient (Wildman–Crippen LogP) is 2.32. The predicted molar refractivity (Wildman–Crippen MR) is 69.5 cm³/mol. The fourth-order valence-corrected chi connectivity index (χ4v) is 2.61. The first-order valence-electron chi connectivity index (χ1n) is 6.05. The fraction of sp³-hybridized carbons (Fsp3) is 0.462. The number of ether oxygens (including phenoxy) is 1.